The lowest BCUT2D eigenvalue weighted by Gasteiger charge is -2.20. The summed E-state index contributed by atoms with van der Waals surface area (Å²) in [6.07, 6.45) is 53.0. The van der Waals surface area contributed by atoms with Gasteiger partial charge in [-0.2, -0.15) is 0 Å². The molecule has 0 aromatic carbocycles. The molecule has 1 aliphatic heterocycles. The summed E-state index contributed by atoms with van der Waals surface area (Å²) < 4.78 is 11.4. The van der Waals surface area contributed by atoms with Gasteiger partial charge in [0.05, 0.1) is 6.61 Å². The molecule has 1 N–H and O–H groups in total. The number of unbranched alkanes of at least 4 members (excludes halogenated alkanes) is 36. The first-order chi connectivity index (χ1) is 26.2. The van der Waals surface area contributed by atoms with E-state index >= 15 is 0 Å². The molecule has 0 saturated heterocycles. The van der Waals surface area contributed by atoms with Gasteiger partial charge in [-0.25, -0.2) is 4.99 Å². The summed E-state index contributed by atoms with van der Waals surface area (Å²) in [7, 11) is 0. The Morgan fingerprint density at radius 3 is 1.13 bits per heavy atom. The summed E-state index contributed by atoms with van der Waals surface area (Å²) in [5.41, 5.74) is -0.813. The van der Waals surface area contributed by atoms with Crippen LogP contribution in [-0.4, -0.2) is 42.3 Å². The Labute approximate surface area is 331 Å². The second-order valence-corrected chi connectivity index (χ2v) is 17.1. The molecule has 0 saturated carbocycles. The summed E-state index contributed by atoms with van der Waals surface area (Å²) >= 11 is 0. The van der Waals surface area contributed by atoms with Crippen LogP contribution in [0.1, 0.15) is 271 Å². The van der Waals surface area contributed by atoms with Crippen LogP contribution in [0.4, 0.5) is 0 Å². The first-order valence-electron chi connectivity index (χ1n) is 24.1. The Morgan fingerprint density at radius 2 is 0.811 bits per heavy atom. The van der Waals surface area contributed by atoms with Gasteiger partial charge < -0.3 is 14.6 Å². The molecule has 1 atom stereocenters. The third kappa shape index (κ3) is 32.8. The van der Waals surface area contributed by atoms with Gasteiger partial charge in [0.2, 0.25) is 0 Å². The zero-order valence-electron chi connectivity index (χ0n) is 36.0. The first kappa shape index (κ1) is 49.9. The maximum absolute atomic E-state index is 12.4. The summed E-state index contributed by atoms with van der Waals surface area (Å²) in [6, 6.07) is 0. The van der Waals surface area contributed by atoms with E-state index in [0.29, 0.717) is 13.0 Å². The largest absolute Gasteiger partial charge is 0.478 e. The number of hydrogen-bond donors (Lipinski definition) is 1. The summed E-state index contributed by atoms with van der Waals surface area (Å²) in [5.74, 6) is 0.549. The van der Waals surface area contributed by atoms with Crippen molar-refractivity contribution in [2.24, 2.45) is 4.99 Å². The fourth-order valence-electron chi connectivity index (χ4n) is 7.86. The van der Waals surface area contributed by atoms with E-state index in [2.05, 4.69) is 18.8 Å². The summed E-state index contributed by atoms with van der Waals surface area (Å²) in [6.45, 7) is 4.86. The molecular formula is C48H93NO4. The maximum Gasteiger partial charge on any atom is 0.305 e. The SMILES string of the molecule is CCCCCCCCCCCCCCCCCCCCCC(=O)OCC1(CO)COC(CCCCCCCCCCCCCCCCCCCCC)=N1. The molecule has 0 spiro atoms. The van der Waals surface area contributed by atoms with E-state index in [4.69, 9.17) is 9.47 Å². The van der Waals surface area contributed by atoms with Crippen LogP contribution >= 0.6 is 0 Å². The highest BCUT2D eigenvalue weighted by Crippen LogP contribution is 2.23. The molecule has 5 heteroatoms. The topological polar surface area (TPSA) is 68.1 Å². The lowest BCUT2D eigenvalue weighted by atomic mass is 10.0. The molecule has 5 nitrogen and oxygen atoms in total. The smallest absolute Gasteiger partial charge is 0.305 e. The number of carbonyl (C=O) groups excluding carboxylic acids is 1. The van der Waals surface area contributed by atoms with Crippen LogP contribution in [0.5, 0.6) is 0 Å². The van der Waals surface area contributed by atoms with Crippen LogP contribution in [0, 0.1) is 0 Å². The molecule has 1 unspecified atom stereocenters. The summed E-state index contributed by atoms with van der Waals surface area (Å²) in [5, 5.41) is 10.0. The molecule has 1 heterocycles. The predicted molar refractivity (Wildman–Crippen MR) is 230 cm³/mol. The van der Waals surface area contributed by atoms with Gasteiger partial charge in [-0.05, 0) is 12.8 Å². The van der Waals surface area contributed by atoms with Gasteiger partial charge in [0.15, 0.2) is 11.4 Å². The average Bonchev–Trinajstić information content (AvgIpc) is 3.59. The first-order valence-corrected chi connectivity index (χ1v) is 24.1. The Hall–Kier alpha value is -1.10. The Morgan fingerprint density at radius 1 is 0.509 bits per heavy atom. The van der Waals surface area contributed by atoms with E-state index in [1.54, 1.807) is 0 Å². The number of carbonyl (C=O) groups is 1. The maximum atomic E-state index is 12.4. The van der Waals surface area contributed by atoms with Crippen LogP contribution in [0.2, 0.25) is 0 Å². The molecular weight excluding hydrogens is 655 g/mol. The predicted octanol–water partition coefficient (Wildman–Crippen LogP) is 15.3. The third-order valence-corrected chi connectivity index (χ3v) is 11.6. The van der Waals surface area contributed by atoms with Gasteiger partial charge in [0.25, 0.3) is 0 Å². The molecule has 1 aliphatic rings. The van der Waals surface area contributed by atoms with Crippen molar-refractivity contribution >= 4 is 11.9 Å². The second kappa shape index (κ2) is 39.1. The van der Waals surface area contributed by atoms with Crippen molar-refractivity contribution < 1.29 is 19.4 Å². The highest BCUT2D eigenvalue weighted by atomic mass is 16.5. The van der Waals surface area contributed by atoms with Crippen LogP contribution < -0.4 is 0 Å². The molecule has 0 radical (unpaired) electrons. The number of ether oxygens (including phenoxy) is 2. The van der Waals surface area contributed by atoms with Crippen LogP contribution in [-0.2, 0) is 14.3 Å². The molecule has 0 aromatic rings. The van der Waals surface area contributed by atoms with Crippen LogP contribution in [0.3, 0.4) is 0 Å². The summed E-state index contributed by atoms with van der Waals surface area (Å²) in [4.78, 5) is 17.1. The molecule has 53 heavy (non-hydrogen) atoms. The van der Waals surface area contributed by atoms with E-state index in [0.717, 1.165) is 31.6 Å². The zero-order valence-corrected chi connectivity index (χ0v) is 36.0. The van der Waals surface area contributed by atoms with E-state index in [1.807, 2.05) is 0 Å². The van der Waals surface area contributed by atoms with Gasteiger partial charge in [0.1, 0.15) is 13.2 Å². The third-order valence-electron chi connectivity index (χ3n) is 11.6. The Kier molecular flexibility index (Phi) is 36.9. The van der Waals surface area contributed by atoms with Gasteiger partial charge in [-0.3, -0.25) is 4.79 Å². The van der Waals surface area contributed by atoms with Gasteiger partial charge in [-0.1, -0.05) is 245 Å². The lowest BCUT2D eigenvalue weighted by Crippen LogP contribution is -2.39. The monoisotopic (exact) mass is 748 g/mol. The molecule has 0 amide bonds. The molecule has 0 fully saturated rings. The standard InChI is InChI=1S/C48H93NO4/c1-3-5-7-9-11-13-15-17-19-21-23-25-27-29-31-33-35-37-39-41-46-49-48(43-50,44-52-46)45-53-47(51)42-40-38-36-34-32-30-28-26-24-22-20-18-16-14-12-10-8-6-4-2/h50H,3-45H2,1-2H3. The van der Waals surface area contributed by atoms with Crippen molar-refractivity contribution in [2.45, 2.75) is 276 Å². The second-order valence-electron chi connectivity index (χ2n) is 17.1. The Bertz CT molecular complexity index is 800. The minimum absolute atomic E-state index is 0.115. The van der Waals surface area contributed by atoms with Crippen LogP contribution in [0.25, 0.3) is 0 Å². The van der Waals surface area contributed by atoms with Gasteiger partial charge in [-0.15, -0.1) is 0 Å². The van der Waals surface area contributed by atoms with E-state index in [9.17, 15) is 9.90 Å². The normalized spacial score (nSPS) is 15.6. The van der Waals surface area contributed by atoms with E-state index in [-0.39, 0.29) is 19.2 Å². The van der Waals surface area contributed by atoms with Crippen molar-refractivity contribution in [3.63, 3.8) is 0 Å². The molecule has 0 aromatic heterocycles. The lowest BCUT2D eigenvalue weighted by molar-refractivity contribution is -0.146. The minimum Gasteiger partial charge on any atom is -0.478 e. The number of rotatable bonds is 43. The van der Waals surface area contributed by atoms with Crippen molar-refractivity contribution in [1.82, 2.24) is 0 Å². The number of hydrogen-bond acceptors (Lipinski definition) is 5. The molecule has 0 bridgehead atoms. The number of nitrogens with zero attached hydrogens (tertiary/aromatic N) is 1. The van der Waals surface area contributed by atoms with Crippen molar-refractivity contribution in [3.05, 3.63) is 0 Å². The average molecular weight is 748 g/mol. The van der Waals surface area contributed by atoms with Crippen molar-refractivity contribution in [1.29, 1.82) is 0 Å². The van der Waals surface area contributed by atoms with Gasteiger partial charge in [0, 0.05) is 12.8 Å². The van der Waals surface area contributed by atoms with Gasteiger partial charge >= 0.3 is 5.97 Å². The van der Waals surface area contributed by atoms with Crippen LogP contribution in [0.15, 0.2) is 4.99 Å². The zero-order chi connectivity index (χ0) is 38.2. The molecule has 0 aliphatic carbocycles. The van der Waals surface area contributed by atoms with Crippen molar-refractivity contribution in [2.75, 3.05) is 19.8 Å². The minimum atomic E-state index is -0.813. The number of esters is 1. The number of aliphatic hydroxyl groups is 1. The molecule has 1 rings (SSSR count). The fourth-order valence-corrected chi connectivity index (χ4v) is 7.86. The number of aliphatic imine (C=N–C) groups is 1. The fraction of sp³-hybridized carbons (Fsp3) is 0.958. The number of aliphatic hydroxyl groups excluding tert-OH is 1. The quantitative estimate of drug-likeness (QED) is 0.0498. The van der Waals surface area contributed by atoms with E-state index < -0.39 is 5.54 Å². The Balaban J connectivity index is 1.88. The highest BCUT2D eigenvalue weighted by molar-refractivity contribution is 5.78. The van der Waals surface area contributed by atoms with Crippen molar-refractivity contribution in [3.8, 4) is 0 Å². The molecule has 314 valence electrons. The highest BCUT2D eigenvalue weighted by Gasteiger charge is 2.37. The van der Waals surface area contributed by atoms with E-state index in [1.165, 1.54) is 225 Å².